The Hall–Kier alpha value is -0.820. The third-order valence-corrected chi connectivity index (χ3v) is 4.72. The van der Waals surface area contributed by atoms with Crippen LogP contribution in [0.25, 0.3) is 0 Å². The summed E-state index contributed by atoms with van der Waals surface area (Å²) in [7, 11) is 0. The number of hydrogen-bond acceptors (Lipinski definition) is 1. The van der Waals surface area contributed by atoms with Gasteiger partial charge in [-0.15, -0.1) is 0 Å². The van der Waals surface area contributed by atoms with Crippen molar-refractivity contribution in [2.45, 2.75) is 65.8 Å². The Morgan fingerprint density at radius 2 is 1.50 bits per heavy atom. The van der Waals surface area contributed by atoms with Crippen molar-refractivity contribution in [3.63, 3.8) is 0 Å². The van der Waals surface area contributed by atoms with Crippen molar-refractivity contribution in [3.05, 3.63) is 35.9 Å². The van der Waals surface area contributed by atoms with Gasteiger partial charge in [0.15, 0.2) is 0 Å². The Morgan fingerprint density at radius 3 is 2.00 bits per heavy atom. The second-order valence-electron chi connectivity index (χ2n) is 6.19. The van der Waals surface area contributed by atoms with Gasteiger partial charge < -0.3 is 5.32 Å². The molecule has 1 N–H and O–H groups in total. The zero-order valence-corrected chi connectivity index (χ0v) is 14.0. The highest BCUT2D eigenvalue weighted by atomic mass is 14.9. The Bertz CT molecular complexity index is 346. The molecule has 20 heavy (non-hydrogen) atoms. The Labute approximate surface area is 126 Å². The Kier molecular flexibility index (Phi) is 7.91. The lowest BCUT2D eigenvalue weighted by Gasteiger charge is -2.36. The maximum absolute atomic E-state index is 3.83. The molecule has 114 valence electrons. The molecule has 0 saturated carbocycles. The van der Waals surface area contributed by atoms with Crippen LogP contribution in [0, 0.1) is 11.8 Å². The molecule has 0 spiro atoms. The van der Waals surface area contributed by atoms with Gasteiger partial charge in [-0.1, -0.05) is 77.8 Å². The normalized spacial score (nSPS) is 17.4. The zero-order valence-electron chi connectivity index (χ0n) is 14.0. The standard InChI is InChI=1S/C19H33N/c1-6-14-20-19(16(5)8-3)18(15(4)7-2)17-12-10-9-11-13-17/h9-13,15-16,18-20H,6-8,14H2,1-5H3. The van der Waals surface area contributed by atoms with Crippen LogP contribution in [-0.4, -0.2) is 12.6 Å². The number of benzene rings is 1. The molecular weight excluding hydrogens is 242 g/mol. The van der Waals surface area contributed by atoms with Crippen molar-refractivity contribution in [1.82, 2.24) is 5.32 Å². The van der Waals surface area contributed by atoms with Crippen LogP contribution in [0.1, 0.15) is 65.4 Å². The highest BCUT2D eigenvalue weighted by Gasteiger charge is 2.30. The minimum absolute atomic E-state index is 0.581. The lowest BCUT2D eigenvalue weighted by atomic mass is 9.75. The van der Waals surface area contributed by atoms with Gasteiger partial charge in [0, 0.05) is 12.0 Å². The van der Waals surface area contributed by atoms with Crippen LogP contribution >= 0.6 is 0 Å². The number of hydrogen-bond donors (Lipinski definition) is 1. The monoisotopic (exact) mass is 275 g/mol. The molecule has 0 aliphatic carbocycles. The highest BCUT2D eigenvalue weighted by molar-refractivity contribution is 5.22. The molecule has 0 saturated heterocycles. The van der Waals surface area contributed by atoms with Gasteiger partial charge >= 0.3 is 0 Å². The topological polar surface area (TPSA) is 12.0 Å². The van der Waals surface area contributed by atoms with E-state index in [9.17, 15) is 0 Å². The van der Waals surface area contributed by atoms with Crippen LogP contribution in [0.4, 0.5) is 0 Å². The smallest absolute Gasteiger partial charge is 0.0164 e. The molecule has 0 amide bonds. The summed E-state index contributed by atoms with van der Waals surface area (Å²) in [5.74, 6) is 2.03. The second kappa shape index (κ2) is 9.18. The van der Waals surface area contributed by atoms with Crippen molar-refractivity contribution >= 4 is 0 Å². The molecular formula is C19H33N. The van der Waals surface area contributed by atoms with Crippen LogP contribution in [0.2, 0.25) is 0 Å². The average Bonchev–Trinajstić information content (AvgIpc) is 2.50. The molecule has 4 atom stereocenters. The molecule has 0 radical (unpaired) electrons. The maximum Gasteiger partial charge on any atom is 0.0164 e. The summed E-state index contributed by atoms with van der Waals surface area (Å²) in [5.41, 5.74) is 1.50. The predicted octanol–water partition coefficient (Wildman–Crippen LogP) is 5.23. The summed E-state index contributed by atoms with van der Waals surface area (Å²) in [6.07, 6.45) is 3.68. The predicted molar refractivity (Wildman–Crippen MR) is 90.2 cm³/mol. The fraction of sp³-hybridized carbons (Fsp3) is 0.684. The number of rotatable bonds is 9. The lowest BCUT2D eigenvalue weighted by molar-refractivity contribution is 0.261. The van der Waals surface area contributed by atoms with E-state index < -0.39 is 0 Å². The molecule has 1 aromatic carbocycles. The summed E-state index contributed by atoms with van der Waals surface area (Å²) in [6.45, 7) is 12.8. The quantitative estimate of drug-likeness (QED) is 0.650. The van der Waals surface area contributed by atoms with Gasteiger partial charge in [-0.05, 0) is 30.4 Å². The zero-order chi connectivity index (χ0) is 15.0. The van der Waals surface area contributed by atoms with E-state index in [1.165, 1.54) is 24.8 Å². The van der Waals surface area contributed by atoms with Gasteiger partial charge in [-0.3, -0.25) is 0 Å². The van der Waals surface area contributed by atoms with Crippen molar-refractivity contribution in [1.29, 1.82) is 0 Å². The maximum atomic E-state index is 3.83. The third-order valence-electron chi connectivity index (χ3n) is 4.72. The van der Waals surface area contributed by atoms with E-state index in [1.807, 2.05) is 0 Å². The van der Waals surface area contributed by atoms with E-state index >= 15 is 0 Å². The van der Waals surface area contributed by atoms with Gasteiger partial charge in [0.05, 0.1) is 0 Å². The second-order valence-corrected chi connectivity index (χ2v) is 6.19. The van der Waals surface area contributed by atoms with Crippen LogP contribution in [0.15, 0.2) is 30.3 Å². The van der Waals surface area contributed by atoms with Crippen molar-refractivity contribution < 1.29 is 0 Å². The molecule has 0 heterocycles. The fourth-order valence-electron chi connectivity index (χ4n) is 3.07. The van der Waals surface area contributed by atoms with Gasteiger partial charge in [0.25, 0.3) is 0 Å². The van der Waals surface area contributed by atoms with Gasteiger partial charge in [0.1, 0.15) is 0 Å². The highest BCUT2D eigenvalue weighted by Crippen LogP contribution is 2.34. The van der Waals surface area contributed by atoms with Gasteiger partial charge in [-0.2, -0.15) is 0 Å². The number of nitrogens with one attached hydrogen (secondary N) is 1. The van der Waals surface area contributed by atoms with E-state index in [1.54, 1.807) is 0 Å². The minimum atomic E-state index is 0.581. The summed E-state index contributed by atoms with van der Waals surface area (Å²) >= 11 is 0. The summed E-state index contributed by atoms with van der Waals surface area (Å²) in [6, 6.07) is 11.7. The molecule has 1 heteroatoms. The lowest BCUT2D eigenvalue weighted by Crippen LogP contribution is -2.42. The van der Waals surface area contributed by atoms with Crippen molar-refractivity contribution in [2.24, 2.45) is 11.8 Å². The summed E-state index contributed by atoms with van der Waals surface area (Å²) in [4.78, 5) is 0. The van der Waals surface area contributed by atoms with E-state index in [-0.39, 0.29) is 0 Å². The first-order valence-corrected chi connectivity index (χ1v) is 8.43. The average molecular weight is 275 g/mol. The van der Waals surface area contributed by atoms with Crippen LogP contribution in [0.3, 0.4) is 0 Å². The van der Waals surface area contributed by atoms with Gasteiger partial charge in [-0.25, -0.2) is 0 Å². The first-order valence-electron chi connectivity index (χ1n) is 8.43. The third kappa shape index (κ3) is 4.63. The van der Waals surface area contributed by atoms with E-state index in [0.29, 0.717) is 23.8 Å². The molecule has 0 fully saturated rings. The first kappa shape index (κ1) is 17.2. The molecule has 0 aromatic heterocycles. The fourth-order valence-corrected chi connectivity index (χ4v) is 3.07. The van der Waals surface area contributed by atoms with Crippen LogP contribution in [0.5, 0.6) is 0 Å². The Morgan fingerprint density at radius 1 is 0.900 bits per heavy atom. The molecule has 0 aliphatic heterocycles. The van der Waals surface area contributed by atoms with Crippen molar-refractivity contribution in [3.8, 4) is 0 Å². The molecule has 4 unspecified atom stereocenters. The molecule has 1 nitrogen and oxygen atoms in total. The molecule has 0 bridgehead atoms. The van der Waals surface area contributed by atoms with Crippen molar-refractivity contribution in [2.75, 3.05) is 6.54 Å². The van der Waals surface area contributed by atoms with E-state index in [0.717, 1.165) is 6.54 Å². The van der Waals surface area contributed by atoms with E-state index in [4.69, 9.17) is 0 Å². The van der Waals surface area contributed by atoms with Crippen LogP contribution in [-0.2, 0) is 0 Å². The molecule has 1 aromatic rings. The SMILES string of the molecule is CCCNC(C(C)CC)C(c1ccccc1)C(C)CC. The largest absolute Gasteiger partial charge is 0.313 e. The summed E-state index contributed by atoms with van der Waals surface area (Å²) < 4.78 is 0. The van der Waals surface area contributed by atoms with Gasteiger partial charge in [0.2, 0.25) is 0 Å². The minimum Gasteiger partial charge on any atom is -0.313 e. The molecule has 0 aliphatic rings. The Balaban J connectivity index is 3.04. The van der Waals surface area contributed by atoms with Crippen LogP contribution < -0.4 is 5.32 Å². The first-order chi connectivity index (χ1) is 9.65. The molecule has 1 rings (SSSR count). The summed E-state index contributed by atoms with van der Waals surface area (Å²) in [5, 5.41) is 3.83. The van der Waals surface area contributed by atoms with E-state index in [2.05, 4.69) is 70.3 Å².